The lowest BCUT2D eigenvalue weighted by Gasteiger charge is -2.22. The fourth-order valence-electron chi connectivity index (χ4n) is 3.65. The fourth-order valence-corrected chi connectivity index (χ4v) is 5.20. The number of benzene rings is 2. The van der Waals surface area contributed by atoms with Crippen LogP contribution in [0.2, 0.25) is 5.02 Å². The number of carboxylic acids is 1. The molecule has 2 aromatic carbocycles. The molecule has 1 aromatic heterocycles. The van der Waals surface area contributed by atoms with Gasteiger partial charge in [-0.15, -0.1) is 0 Å². The van der Waals surface area contributed by atoms with Crippen LogP contribution in [-0.4, -0.2) is 36.3 Å². The average Bonchev–Trinajstić information content (AvgIpc) is 3.08. The van der Waals surface area contributed by atoms with Crippen molar-refractivity contribution in [3.8, 4) is 0 Å². The molecule has 0 amide bonds. The maximum Gasteiger partial charge on any atom is 0.337 e. The van der Waals surface area contributed by atoms with Gasteiger partial charge in [-0.1, -0.05) is 24.6 Å². The first-order valence-corrected chi connectivity index (χ1v) is 12.3. The van der Waals surface area contributed by atoms with E-state index < -0.39 is 16.0 Å². The molecule has 0 atom stereocenters. The van der Waals surface area contributed by atoms with E-state index in [4.69, 9.17) is 11.6 Å². The summed E-state index contributed by atoms with van der Waals surface area (Å²) in [6.07, 6.45) is 0.930. The molecule has 0 fully saturated rings. The average molecular weight is 491 g/mol. The highest BCUT2D eigenvalue weighted by molar-refractivity contribution is 7.92. The van der Waals surface area contributed by atoms with E-state index in [1.165, 1.54) is 12.1 Å². The van der Waals surface area contributed by atoms with Gasteiger partial charge >= 0.3 is 5.97 Å². The highest BCUT2D eigenvalue weighted by Gasteiger charge is 2.21. The van der Waals surface area contributed by atoms with Gasteiger partial charge in [-0.05, 0) is 62.2 Å². The summed E-state index contributed by atoms with van der Waals surface area (Å²) in [6.45, 7) is 6.82. The van der Waals surface area contributed by atoms with Crippen molar-refractivity contribution in [2.45, 2.75) is 45.2 Å². The zero-order valence-electron chi connectivity index (χ0n) is 19.0. The van der Waals surface area contributed by atoms with E-state index >= 15 is 0 Å². The zero-order chi connectivity index (χ0) is 24.3. The molecular weight excluding hydrogens is 464 g/mol. The minimum atomic E-state index is -3.95. The van der Waals surface area contributed by atoms with Gasteiger partial charge in [0.25, 0.3) is 10.0 Å². The van der Waals surface area contributed by atoms with Crippen LogP contribution >= 0.6 is 11.6 Å². The van der Waals surface area contributed by atoms with Crippen molar-refractivity contribution in [3.05, 3.63) is 70.0 Å². The van der Waals surface area contributed by atoms with Crippen LogP contribution in [0.1, 0.15) is 40.7 Å². The molecular formula is C23H27ClN4O4S. The Morgan fingerprint density at radius 3 is 2.61 bits per heavy atom. The number of hydrogen-bond acceptors (Lipinski definition) is 5. The molecule has 0 radical (unpaired) electrons. The molecule has 33 heavy (non-hydrogen) atoms. The van der Waals surface area contributed by atoms with Crippen LogP contribution in [-0.2, 0) is 23.1 Å². The van der Waals surface area contributed by atoms with Gasteiger partial charge in [-0.2, -0.15) is 5.10 Å². The summed E-state index contributed by atoms with van der Waals surface area (Å²) < 4.78 is 30.1. The number of hydrogen-bond donors (Lipinski definition) is 2. The van der Waals surface area contributed by atoms with Gasteiger partial charge in [-0.25, -0.2) is 13.2 Å². The molecule has 0 saturated heterocycles. The fraction of sp³-hybridized carbons (Fsp3) is 0.304. The molecule has 0 aliphatic carbocycles. The van der Waals surface area contributed by atoms with Crippen molar-refractivity contribution >= 4 is 39.0 Å². The quantitative estimate of drug-likeness (QED) is 0.450. The number of aryl methyl sites for hydroxylation is 2. The second-order valence-corrected chi connectivity index (χ2v) is 9.92. The van der Waals surface area contributed by atoms with Gasteiger partial charge in [0.2, 0.25) is 0 Å². The Labute approximate surface area is 198 Å². The van der Waals surface area contributed by atoms with E-state index in [1.807, 2.05) is 22.6 Å². The number of aromatic carboxylic acids is 1. The summed E-state index contributed by atoms with van der Waals surface area (Å²) in [5, 5.41) is 14.6. The molecule has 0 spiro atoms. The van der Waals surface area contributed by atoms with Crippen molar-refractivity contribution < 1.29 is 18.3 Å². The topological polar surface area (TPSA) is 105 Å². The number of nitrogens with one attached hydrogen (secondary N) is 1. The van der Waals surface area contributed by atoms with Gasteiger partial charge in [0, 0.05) is 24.3 Å². The maximum absolute atomic E-state index is 12.9. The molecule has 0 saturated carbocycles. The number of halogens is 1. The molecule has 0 aliphatic rings. The molecule has 176 valence electrons. The Hall–Kier alpha value is -3.04. The summed E-state index contributed by atoms with van der Waals surface area (Å²) in [5.74, 6) is -1.16. The van der Waals surface area contributed by atoms with Gasteiger partial charge in [0.15, 0.2) is 0 Å². The lowest BCUT2D eigenvalue weighted by Crippen LogP contribution is -2.22. The third kappa shape index (κ3) is 5.48. The number of rotatable bonds is 9. The van der Waals surface area contributed by atoms with E-state index in [9.17, 15) is 18.3 Å². The van der Waals surface area contributed by atoms with E-state index in [0.717, 1.165) is 24.4 Å². The smallest absolute Gasteiger partial charge is 0.337 e. The molecule has 3 rings (SSSR count). The van der Waals surface area contributed by atoms with Crippen molar-refractivity contribution in [1.82, 2.24) is 9.78 Å². The molecule has 0 bridgehead atoms. The normalized spacial score (nSPS) is 11.4. The Morgan fingerprint density at radius 2 is 1.94 bits per heavy atom. The molecule has 1 heterocycles. The predicted octanol–water partition coefficient (Wildman–Crippen LogP) is 4.70. The molecule has 10 heteroatoms. The number of carboxylic acid groups (broad SMARTS) is 1. The predicted molar refractivity (Wildman–Crippen MR) is 130 cm³/mol. The van der Waals surface area contributed by atoms with Crippen molar-refractivity contribution in [2.24, 2.45) is 0 Å². The zero-order valence-corrected chi connectivity index (χ0v) is 20.5. The van der Waals surface area contributed by atoms with Crippen LogP contribution in [0.4, 0.5) is 11.4 Å². The molecule has 2 N–H and O–H groups in total. The van der Waals surface area contributed by atoms with E-state index in [2.05, 4.69) is 16.7 Å². The van der Waals surface area contributed by atoms with Crippen LogP contribution < -0.4 is 9.62 Å². The number of sulfonamides is 1. The first-order chi connectivity index (χ1) is 15.5. The van der Waals surface area contributed by atoms with Crippen molar-refractivity contribution in [3.63, 3.8) is 0 Å². The van der Waals surface area contributed by atoms with Crippen LogP contribution in [0.5, 0.6) is 0 Å². The Bertz CT molecular complexity index is 1290. The number of anilines is 2. The van der Waals surface area contributed by atoms with Crippen molar-refractivity contribution in [2.75, 3.05) is 16.7 Å². The standard InChI is InChI=1S/C23H27ClN4O4S/c1-5-11-28-18(12-15(2)25-28)14-27(4)21-10-9-17(13-19(21)23(29)30)26-33(31,32)22-8-6-7-20(24)16(22)3/h6-10,12-13,26H,5,11,14H2,1-4H3,(H,29,30). The van der Waals surface area contributed by atoms with Crippen LogP contribution in [0.3, 0.4) is 0 Å². The number of carbonyl (C=O) groups is 1. The first-order valence-electron chi connectivity index (χ1n) is 10.4. The highest BCUT2D eigenvalue weighted by atomic mass is 35.5. The summed E-state index contributed by atoms with van der Waals surface area (Å²) in [6, 6.07) is 11.0. The van der Waals surface area contributed by atoms with Crippen LogP contribution in [0.15, 0.2) is 47.4 Å². The van der Waals surface area contributed by atoms with Crippen LogP contribution in [0.25, 0.3) is 0 Å². The highest BCUT2D eigenvalue weighted by Crippen LogP contribution is 2.28. The molecule has 3 aromatic rings. The Morgan fingerprint density at radius 1 is 1.21 bits per heavy atom. The van der Waals surface area contributed by atoms with Crippen LogP contribution in [0, 0.1) is 13.8 Å². The third-order valence-electron chi connectivity index (χ3n) is 5.22. The Balaban J connectivity index is 1.91. The lowest BCUT2D eigenvalue weighted by atomic mass is 10.1. The van der Waals surface area contributed by atoms with E-state index in [-0.39, 0.29) is 16.1 Å². The van der Waals surface area contributed by atoms with Crippen molar-refractivity contribution in [1.29, 1.82) is 0 Å². The van der Waals surface area contributed by atoms with Gasteiger partial charge < -0.3 is 10.0 Å². The second kappa shape index (κ2) is 9.84. The summed E-state index contributed by atoms with van der Waals surface area (Å²) >= 11 is 6.06. The van der Waals surface area contributed by atoms with Gasteiger partial charge in [0.05, 0.1) is 34.1 Å². The van der Waals surface area contributed by atoms with E-state index in [1.54, 1.807) is 38.2 Å². The molecule has 8 nitrogen and oxygen atoms in total. The van der Waals surface area contributed by atoms with Gasteiger partial charge in [-0.3, -0.25) is 9.40 Å². The second-order valence-electron chi connectivity index (χ2n) is 7.86. The molecule has 0 unspecified atom stereocenters. The molecule has 0 aliphatic heterocycles. The maximum atomic E-state index is 12.9. The number of nitrogens with zero attached hydrogens (tertiary/aromatic N) is 3. The summed E-state index contributed by atoms with van der Waals surface area (Å²) in [4.78, 5) is 13.8. The minimum Gasteiger partial charge on any atom is -0.478 e. The van der Waals surface area contributed by atoms with E-state index in [0.29, 0.717) is 22.8 Å². The third-order valence-corrected chi connectivity index (χ3v) is 7.15. The lowest BCUT2D eigenvalue weighted by molar-refractivity contribution is 0.0697. The first kappa shape index (κ1) is 24.6. The summed E-state index contributed by atoms with van der Waals surface area (Å²) in [5.41, 5.74) is 2.88. The monoisotopic (exact) mass is 490 g/mol. The minimum absolute atomic E-state index is 0.0150. The Kier molecular flexibility index (Phi) is 7.34. The SMILES string of the molecule is CCCn1nc(C)cc1CN(C)c1ccc(NS(=O)(=O)c2cccc(Cl)c2C)cc1C(=O)O. The largest absolute Gasteiger partial charge is 0.478 e. The number of aromatic nitrogens is 2. The summed E-state index contributed by atoms with van der Waals surface area (Å²) in [7, 11) is -2.16. The van der Waals surface area contributed by atoms with Gasteiger partial charge in [0.1, 0.15) is 0 Å².